The zero-order chi connectivity index (χ0) is 13.8. The van der Waals surface area contributed by atoms with Gasteiger partial charge in [0.15, 0.2) is 0 Å². The fraction of sp³-hybridized carbons (Fsp3) is 0.867. The normalized spacial score (nSPS) is 29.8. The van der Waals surface area contributed by atoms with Gasteiger partial charge in [-0.25, -0.2) is 4.79 Å². The Balaban J connectivity index is 1.63. The van der Waals surface area contributed by atoms with Crippen molar-refractivity contribution in [2.75, 3.05) is 20.1 Å². The molecule has 0 spiro atoms. The van der Waals surface area contributed by atoms with Crippen molar-refractivity contribution >= 4 is 6.03 Å². The summed E-state index contributed by atoms with van der Waals surface area (Å²) in [5.41, 5.74) is 0. The maximum atomic E-state index is 11.8. The van der Waals surface area contributed by atoms with Crippen LogP contribution in [-0.2, 0) is 0 Å². The number of urea groups is 1. The first-order valence-corrected chi connectivity index (χ1v) is 7.48. The van der Waals surface area contributed by atoms with Crippen LogP contribution in [0.15, 0.2) is 0 Å². The monoisotopic (exact) mass is 263 g/mol. The maximum absolute atomic E-state index is 11.8. The molecule has 0 heterocycles. The Labute approximate surface area is 116 Å². The Kier molecular flexibility index (Phi) is 4.68. The lowest BCUT2D eigenvalue weighted by Crippen LogP contribution is -2.40. The van der Waals surface area contributed by atoms with E-state index in [0.717, 1.165) is 30.7 Å². The Bertz CT molecular complexity index is 363. The molecule has 0 aromatic rings. The molecule has 2 fully saturated rings. The summed E-state index contributed by atoms with van der Waals surface area (Å²) in [6.07, 6.45) is 6.76. The van der Waals surface area contributed by atoms with Crippen molar-refractivity contribution in [3.8, 4) is 6.07 Å². The van der Waals surface area contributed by atoms with E-state index >= 15 is 0 Å². The van der Waals surface area contributed by atoms with E-state index in [9.17, 15) is 4.79 Å². The van der Waals surface area contributed by atoms with Crippen LogP contribution in [0.5, 0.6) is 0 Å². The topological polar surface area (TPSA) is 56.1 Å². The molecule has 106 valence electrons. The lowest BCUT2D eigenvalue weighted by Gasteiger charge is -2.23. The molecule has 2 saturated carbocycles. The smallest absolute Gasteiger partial charge is 0.317 e. The van der Waals surface area contributed by atoms with Gasteiger partial charge in [-0.2, -0.15) is 5.26 Å². The van der Waals surface area contributed by atoms with Crippen molar-refractivity contribution in [3.05, 3.63) is 0 Å². The summed E-state index contributed by atoms with van der Waals surface area (Å²) in [5.74, 6) is 2.63. The molecular weight excluding hydrogens is 238 g/mol. The lowest BCUT2D eigenvalue weighted by molar-refractivity contribution is 0.203. The Morgan fingerprint density at radius 2 is 2.26 bits per heavy atom. The van der Waals surface area contributed by atoms with Crippen LogP contribution in [0, 0.1) is 35.0 Å². The van der Waals surface area contributed by atoms with E-state index in [1.165, 1.54) is 25.7 Å². The van der Waals surface area contributed by atoms with Gasteiger partial charge in [0.1, 0.15) is 0 Å². The average molecular weight is 263 g/mol. The van der Waals surface area contributed by atoms with E-state index in [4.69, 9.17) is 5.26 Å². The standard InChI is InChI=1S/C15H25N3O/c1-11(9-16)10-18(2)15(19)17-6-5-14-8-12-3-4-13(14)7-12/h11-14H,3-8,10H2,1-2H3,(H,17,19)/t11-,12-,13-,14-/m0/s1. The molecule has 2 aliphatic carbocycles. The highest BCUT2D eigenvalue weighted by Gasteiger charge is 2.38. The fourth-order valence-electron chi connectivity index (χ4n) is 3.76. The number of nitriles is 1. The Morgan fingerprint density at radius 3 is 2.84 bits per heavy atom. The number of hydrogen-bond donors (Lipinski definition) is 1. The number of fused-ring (bicyclic) bond motifs is 2. The van der Waals surface area contributed by atoms with Crippen molar-refractivity contribution in [2.45, 2.75) is 39.0 Å². The minimum absolute atomic E-state index is 0.0507. The molecule has 2 bridgehead atoms. The summed E-state index contributed by atoms with van der Waals surface area (Å²) < 4.78 is 0. The first kappa shape index (κ1) is 14.2. The molecule has 4 heteroatoms. The van der Waals surface area contributed by atoms with Gasteiger partial charge in [-0.3, -0.25) is 0 Å². The highest BCUT2D eigenvalue weighted by Crippen LogP contribution is 2.49. The zero-order valence-electron chi connectivity index (χ0n) is 12.1. The summed E-state index contributed by atoms with van der Waals surface area (Å²) >= 11 is 0. The number of nitrogens with one attached hydrogen (secondary N) is 1. The molecule has 2 amide bonds. The molecule has 4 atom stereocenters. The van der Waals surface area contributed by atoms with E-state index in [2.05, 4.69) is 11.4 Å². The first-order chi connectivity index (χ1) is 9.10. The van der Waals surface area contributed by atoms with Crippen LogP contribution in [-0.4, -0.2) is 31.1 Å². The van der Waals surface area contributed by atoms with Crippen LogP contribution < -0.4 is 5.32 Å². The molecule has 4 nitrogen and oxygen atoms in total. The summed E-state index contributed by atoms with van der Waals surface area (Å²) in [4.78, 5) is 13.4. The lowest BCUT2D eigenvalue weighted by atomic mass is 9.86. The molecule has 2 aliphatic rings. The number of amides is 2. The zero-order valence-corrected chi connectivity index (χ0v) is 12.1. The van der Waals surface area contributed by atoms with Crippen molar-refractivity contribution in [2.24, 2.45) is 23.7 Å². The van der Waals surface area contributed by atoms with E-state index in [-0.39, 0.29) is 11.9 Å². The first-order valence-electron chi connectivity index (χ1n) is 7.48. The molecule has 1 N–H and O–H groups in total. The predicted octanol–water partition coefficient (Wildman–Crippen LogP) is 2.61. The van der Waals surface area contributed by atoms with Crippen molar-refractivity contribution in [1.82, 2.24) is 10.2 Å². The molecule has 0 aromatic carbocycles. The van der Waals surface area contributed by atoms with Crippen molar-refractivity contribution in [3.63, 3.8) is 0 Å². The largest absolute Gasteiger partial charge is 0.338 e. The third-order valence-electron chi connectivity index (χ3n) is 4.79. The highest BCUT2D eigenvalue weighted by molar-refractivity contribution is 5.73. The van der Waals surface area contributed by atoms with Crippen molar-refractivity contribution < 1.29 is 4.79 Å². The third-order valence-corrected chi connectivity index (χ3v) is 4.79. The summed E-state index contributed by atoms with van der Waals surface area (Å²) in [5, 5.41) is 11.7. The van der Waals surface area contributed by atoms with Crippen molar-refractivity contribution in [1.29, 1.82) is 5.26 Å². The molecule has 19 heavy (non-hydrogen) atoms. The van der Waals surface area contributed by atoms with Gasteiger partial charge in [-0.15, -0.1) is 0 Å². The van der Waals surface area contributed by atoms with Gasteiger partial charge in [0, 0.05) is 20.1 Å². The van der Waals surface area contributed by atoms with Gasteiger partial charge in [-0.1, -0.05) is 6.42 Å². The molecular formula is C15H25N3O. The molecule has 0 radical (unpaired) electrons. The summed E-state index contributed by atoms with van der Waals surface area (Å²) in [6, 6.07) is 2.10. The van der Waals surface area contributed by atoms with Crippen LogP contribution in [0.2, 0.25) is 0 Å². The van der Waals surface area contributed by atoms with Gasteiger partial charge < -0.3 is 10.2 Å². The average Bonchev–Trinajstić information content (AvgIpc) is 3.00. The predicted molar refractivity (Wildman–Crippen MR) is 74.4 cm³/mol. The van der Waals surface area contributed by atoms with Gasteiger partial charge in [0.05, 0.1) is 12.0 Å². The highest BCUT2D eigenvalue weighted by atomic mass is 16.2. The van der Waals surface area contributed by atoms with Gasteiger partial charge in [0.25, 0.3) is 0 Å². The number of rotatable bonds is 5. The second-order valence-corrected chi connectivity index (χ2v) is 6.37. The minimum atomic E-state index is -0.110. The second kappa shape index (κ2) is 6.27. The summed E-state index contributed by atoms with van der Waals surface area (Å²) in [7, 11) is 1.75. The summed E-state index contributed by atoms with van der Waals surface area (Å²) in [6.45, 7) is 3.10. The quantitative estimate of drug-likeness (QED) is 0.829. The van der Waals surface area contributed by atoms with Crippen LogP contribution in [0.4, 0.5) is 4.79 Å². The van der Waals surface area contributed by atoms with E-state index in [0.29, 0.717) is 6.54 Å². The molecule has 0 aliphatic heterocycles. The van der Waals surface area contributed by atoms with Crippen LogP contribution in [0.1, 0.15) is 39.0 Å². The maximum Gasteiger partial charge on any atom is 0.317 e. The number of carbonyl (C=O) groups excluding carboxylic acids is 1. The number of nitrogens with zero attached hydrogens (tertiary/aromatic N) is 2. The Morgan fingerprint density at radius 1 is 1.47 bits per heavy atom. The van der Waals surface area contributed by atoms with Gasteiger partial charge in [0.2, 0.25) is 0 Å². The van der Waals surface area contributed by atoms with E-state index < -0.39 is 0 Å². The van der Waals surface area contributed by atoms with Crippen LogP contribution in [0.3, 0.4) is 0 Å². The molecule has 0 saturated heterocycles. The SMILES string of the molecule is C[C@@H](C#N)CN(C)C(=O)NCC[C@H]1C[C@H]2CC[C@H]1C2. The molecule has 0 aromatic heterocycles. The third kappa shape index (κ3) is 3.62. The van der Waals surface area contributed by atoms with Crippen LogP contribution in [0.25, 0.3) is 0 Å². The fourth-order valence-corrected chi connectivity index (χ4v) is 3.76. The van der Waals surface area contributed by atoms with Crippen LogP contribution >= 0.6 is 0 Å². The minimum Gasteiger partial charge on any atom is -0.338 e. The van der Waals surface area contributed by atoms with E-state index in [1.807, 2.05) is 6.92 Å². The Hall–Kier alpha value is -1.24. The molecule has 2 rings (SSSR count). The van der Waals surface area contributed by atoms with E-state index in [1.54, 1.807) is 11.9 Å². The van der Waals surface area contributed by atoms with Gasteiger partial charge in [-0.05, 0) is 50.4 Å². The molecule has 0 unspecified atom stereocenters. The second-order valence-electron chi connectivity index (χ2n) is 6.37. The van der Waals surface area contributed by atoms with Gasteiger partial charge >= 0.3 is 6.03 Å². The number of carbonyl (C=O) groups is 1. The number of hydrogen-bond acceptors (Lipinski definition) is 2.